The molecule has 7 rings (SSSR count). The van der Waals surface area contributed by atoms with Crippen molar-refractivity contribution in [2.75, 3.05) is 13.1 Å². The number of hydrogen-bond acceptors (Lipinski definition) is 10. The first kappa shape index (κ1) is 49.1. The molecule has 4 fully saturated rings. The van der Waals surface area contributed by atoms with Crippen molar-refractivity contribution in [1.82, 2.24) is 34.9 Å². The molecule has 19 heteroatoms. The minimum atomic E-state index is -3.47. The van der Waals surface area contributed by atoms with Gasteiger partial charge in [-0.25, -0.2) is 13.2 Å². The van der Waals surface area contributed by atoms with Crippen LogP contribution in [-0.4, -0.2) is 105 Å². The molecule has 1 saturated carbocycles. The highest BCUT2D eigenvalue weighted by Crippen LogP contribution is 2.35. The molecule has 18 nitrogen and oxygen atoms in total. The number of imide groups is 1. The third-order valence-electron chi connectivity index (χ3n) is 14.3. The molecular weight excluding hydrogens is 881 g/mol. The number of nitrogens with two attached hydrogens (primary N) is 1. The van der Waals surface area contributed by atoms with Crippen molar-refractivity contribution in [2.24, 2.45) is 30.5 Å². The number of benzene rings is 2. The fraction of sp³-hybridized carbons (Fsp3) is 0.583. The lowest BCUT2D eigenvalue weighted by atomic mass is 9.78. The highest BCUT2D eigenvalue weighted by atomic mass is 32.2. The molecule has 3 aliphatic heterocycles. The Hall–Kier alpha value is -5.85. The maximum Gasteiger partial charge on any atom is 0.329 e. The first-order valence-electron chi connectivity index (χ1n) is 23.6. The van der Waals surface area contributed by atoms with Crippen LogP contribution < -0.4 is 27.4 Å². The maximum atomic E-state index is 14.0. The zero-order chi connectivity index (χ0) is 48.3. The summed E-state index contributed by atoms with van der Waals surface area (Å²) in [5.41, 5.74) is 8.23. The first-order valence-corrected chi connectivity index (χ1v) is 25.2. The summed E-state index contributed by atoms with van der Waals surface area (Å²) in [6.07, 6.45) is 6.60. The molecule has 4 aliphatic rings. The molecule has 1 aromatic heterocycles. The number of carbonyl (C=O) groups is 7. The second-order valence-electron chi connectivity index (χ2n) is 19.3. The van der Waals surface area contributed by atoms with Gasteiger partial charge in [-0.1, -0.05) is 25.1 Å². The number of imidazole rings is 1. The maximum absolute atomic E-state index is 14.0. The van der Waals surface area contributed by atoms with Crippen molar-refractivity contribution < 1.29 is 42.0 Å². The van der Waals surface area contributed by atoms with Gasteiger partial charge < -0.3 is 26.2 Å². The molecule has 0 bridgehead atoms. The SMILES string of the molecule is CC(C)S(=O)(=O)c1ccc(CNC(=O)[C@H](CCC(N)=O)NC(=O)[C@@H]2CC[C@@H]3CCN(C(=O)CC4CCC(Cc5ccc6c(c5)n(C)c(=O)n6C5CCC(=O)NC5=O)CC4)C[C@H](C)C(=O)N32)cc1. The van der Waals surface area contributed by atoms with Crippen molar-refractivity contribution in [3.63, 3.8) is 0 Å². The lowest BCUT2D eigenvalue weighted by Crippen LogP contribution is -2.57. The van der Waals surface area contributed by atoms with Gasteiger partial charge in [0, 0.05) is 52.0 Å². The highest BCUT2D eigenvalue weighted by molar-refractivity contribution is 7.92. The average Bonchev–Trinajstić information content (AvgIpc) is 3.82. The molecule has 1 aliphatic carbocycles. The van der Waals surface area contributed by atoms with E-state index >= 15 is 0 Å². The molecule has 362 valence electrons. The number of nitrogens with one attached hydrogen (secondary N) is 3. The Morgan fingerprint density at radius 2 is 1.55 bits per heavy atom. The lowest BCUT2D eigenvalue weighted by Gasteiger charge is -2.38. The number of fused-ring (bicyclic) bond motifs is 2. The third-order valence-corrected chi connectivity index (χ3v) is 16.5. The minimum absolute atomic E-state index is 0.0237. The third kappa shape index (κ3) is 11.0. The smallest absolute Gasteiger partial charge is 0.329 e. The zero-order valence-electron chi connectivity index (χ0n) is 38.8. The molecule has 3 saturated heterocycles. The van der Waals surface area contributed by atoms with Gasteiger partial charge in [0.2, 0.25) is 41.4 Å². The quantitative estimate of drug-likeness (QED) is 0.162. The Labute approximate surface area is 390 Å². The predicted molar refractivity (Wildman–Crippen MR) is 247 cm³/mol. The van der Waals surface area contributed by atoms with Gasteiger partial charge in [-0.3, -0.25) is 48.0 Å². The molecule has 4 heterocycles. The van der Waals surface area contributed by atoms with Crippen LogP contribution in [-0.2, 0) is 63.4 Å². The van der Waals surface area contributed by atoms with Gasteiger partial charge in [-0.05, 0) is 125 Å². The van der Waals surface area contributed by atoms with Crippen molar-refractivity contribution in [3.8, 4) is 0 Å². The van der Waals surface area contributed by atoms with Crippen molar-refractivity contribution >= 4 is 62.2 Å². The second kappa shape index (κ2) is 20.6. The fourth-order valence-electron chi connectivity index (χ4n) is 10.4. The molecule has 7 amide bonds. The number of hydrogen-bond donors (Lipinski definition) is 4. The number of nitrogens with zero attached hydrogens (tertiary/aromatic N) is 4. The van der Waals surface area contributed by atoms with Crippen LogP contribution in [0.1, 0.15) is 115 Å². The Morgan fingerprint density at radius 1 is 0.866 bits per heavy atom. The monoisotopic (exact) mass is 944 g/mol. The predicted octanol–water partition coefficient (Wildman–Crippen LogP) is 2.53. The summed E-state index contributed by atoms with van der Waals surface area (Å²) < 4.78 is 28.1. The van der Waals surface area contributed by atoms with E-state index in [2.05, 4.69) is 16.0 Å². The molecule has 2 aromatic carbocycles. The molecular formula is C48H64N8O10S. The highest BCUT2D eigenvalue weighted by Gasteiger charge is 2.45. The van der Waals surface area contributed by atoms with Crippen LogP contribution in [0.3, 0.4) is 0 Å². The summed E-state index contributed by atoms with van der Waals surface area (Å²) in [4.78, 5) is 108. The number of piperidine rings is 1. The average molecular weight is 945 g/mol. The summed E-state index contributed by atoms with van der Waals surface area (Å²) in [5.74, 6) is -2.64. The van der Waals surface area contributed by atoms with Crippen LogP contribution in [0.25, 0.3) is 11.0 Å². The van der Waals surface area contributed by atoms with E-state index in [0.29, 0.717) is 49.2 Å². The van der Waals surface area contributed by atoms with Crippen LogP contribution >= 0.6 is 0 Å². The van der Waals surface area contributed by atoms with E-state index < -0.39 is 62.8 Å². The Balaban J connectivity index is 0.900. The Bertz CT molecular complexity index is 2580. The number of aromatic nitrogens is 2. The van der Waals surface area contributed by atoms with E-state index in [1.165, 1.54) is 16.7 Å². The number of sulfone groups is 1. The molecule has 1 unspecified atom stereocenters. The van der Waals surface area contributed by atoms with Crippen LogP contribution in [0.5, 0.6) is 0 Å². The molecule has 5 atom stereocenters. The van der Waals surface area contributed by atoms with Gasteiger partial charge in [-0.15, -0.1) is 0 Å². The number of rotatable bonds is 15. The van der Waals surface area contributed by atoms with E-state index in [1.807, 2.05) is 18.2 Å². The number of carbonyl (C=O) groups excluding carboxylic acids is 7. The van der Waals surface area contributed by atoms with Crippen LogP contribution in [0.2, 0.25) is 0 Å². The fourth-order valence-corrected chi connectivity index (χ4v) is 11.4. The van der Waals surface area contributed by atoms with E-state index in [4.69, 9.17) is 5.73 Å². The van der Waals surface area contributed by atoms with Crippen molar-refractivity contribution in [1.29, 1.82) is 0 Å². The summed E-state index contributed by atoms with van der Waals surface area (Å²) in [5, 5.41) is 7.30. The number of primary amides is 1. The molecule has 67 heavy (non-hydrogen) atoms. The summed E-state index contributed by atoms with van der Waals surface area (Å²) in [6.45, 7) is 5.70. The Kier molecular flexibility index (Phi) is 15.1. The van der Waals surface area contributed by atoms with Gasteiger partial charge in [0.25, 0.3) is 0 Å². The van der Waals surface area contributed by atoms with Gasteiger partial charge in [-0.2, -0.15) is 0 Å². The Morgan fingerprint density at radius 3 is 2.22 bits per heavy atom. The van der Waals surface area contributed by atoms with Gasteiger partial charge in [0.05, 0.1) is 27.1 Å². The standard InChI is InChI=1S/C48H64N8O10S/c1-28(2)67(65,66)35-13-9-32(10-14-35)26-50-44(60)36(15-19-41(49)57)51-45(61)38-17-12-34-21-22-54(27-29(3)47(63)55(34)38)43(59)25-31-7-5-30(6-8-31)23-33-11-16-37-40(24-33)53(4)48(64)56(37)39-18-20-42(58)52-46(39)62/h9-11,13-14,16,24,28-31,34,36,38-39H,5-8,12,15,17-23,25-27H2,1-4H3,(H2,49,57)(H,50,60)(H,51,61)(H,52,58,62)/t29-,30?,31?,34+,36-,38-,39?/m0/s1. The normalized spacial score (nSPS) is 24.2. The molecule has 5 N–H and O–H groups in total. The molecule has 3 aromatic rings. The van der Waals surface area contributed by atoms with Crippen LogP contribution in [0.4, 0.5) is 0 Å². The summed E-state index contributed by atoms with van der Waals surface area (Å²) in [6, 6.07) is 9.13. The van der Waals surface area contributed by atoms with E-state index in [1.54, 1.807) is 54.3 Å². The summed E-state index contributed by atoms with van der Waals surface area (Å²) in [7, 11) is -1.78. The van der Waals surface area contributed by atoms with E-state index in [0.717, 1.165) is 43.2 Å². The minimum Gasteiger partial charge on any atom is -0.370 e. The topological polar surface area (TPSA) is 249 Å². The number of amides is 7. The van der Waals surface area contributed by atoms with Crippen molar-refractivity contribution in [3.05, 3.63) is 64.1 Å². The largest absolute Gasteiger partial charge is 0.370 e. The zero-order valence-corrected chi connectivity index (χ0v) is 39.6. The second-order valence-corrected chi connectivity index (χ2v) is 21.8. The van der Waals surface area contributed by atoms with Crippen LogP contribution in [0.15, 0.2) is 52.2 Å². The van der Waals surface area contributed by atoms with Gasteiger partial charge in [0.15, 0.2) is 9.84 Å². The summed E-state index contributed by atoms with van der Waals surface area (Å²) >= 11 is 0. The van der Waals surface area contributed by atoms with E-state index in [9.17, 15) is 46.8 Å². The van der Waals surface area contributed by atoms with Crippen LogP contribution in [0, 0.1) is 17.8 Å². The van der Waals surface area contributed by atoms with Crippen molar-refractivity contribution in [2.45, 2.75) is 145 Å². The molecule has 0 radical (unpaired) electrons. The number of aryl methyl sites for hydroxylation is 1. The first-order chi connectivity index (χ1) is 31.8. The van der Waals surface area contributed by atoms with Gasteiger partial charge in [0.1, 0.15) is 18.1 Å². The van der Waals surface area contributed by atoms with Gasteiger partial charge >= 0.3 is 5.69 Å². The van der Waals surface area contributed by atoms with E-state index in [-0.39, 0.29) is 79.0 Å². The molecule has 0 spiro atoms. The lowest BCUT2D eigenvalue weighted by molar-refractivity contribution is -0.147.